The fourth-order valence-corrected chi connectivity index (χ4v) is 3.07. The second-order valence-corrected chi connectivity index (χ2v) is 5.69. The topological polar surface area (TPSA) is 49.3 Å². The first-order valence-electron chi connectivity index (χ1n) is 6.89. The van der Waals surface area contributed by atoms with Gasteiger partial charge in [0.15, 0.2) is 0 Å². The van der Waals surface area contributed by atoms with Crippen LogP contribution in [-0.4, -0.2) is 17.1 Å². The minimum atomic E-state index is -0.986. The number of hydrogen-bond donors (Lipinski definition) is 2. The molecule has 0 amide bonds. The van der Waals surface area contributed by atoms with Crippen LogP contribution in [0.15, 0.2) is 18.2 Å². The van der Waals surface area contributed by atoms with Crippen molar-refractivity contribution in [1.29, 1.82) is 0 Å². The number of aromatic carboxylic acids is 1. The molecule has 4 heteroatoms. The molecule has 1 aromatic rings. The molecule has 19 heavy (non-hydrogen) atoms. The van der Waals surface area contributed by atoms with E-state index in [1.807, 2.05) is 0 Å². The summed E-state index contributed by atoms with van der Waals surface area (Å²) in [6.45, 7) is 2.24. The van der Waals surface area contributed by atoms with E-state index in [1.165, 1.54) is 32.1 Å². The molecule has 0 aromatic heterocycles. The second-order valence-electron chi connectivity index (χ2n) is 5.28. The van der Waals surface area contributed by atoms with Crippen LogP contribution in [0.3, 0.4) is 0 Å². The molecule has 1 fully saturated rings. The van der Waals surface area contributed by atoms with Crippen LogP contribution in [0.2, 0.25) is 5.02 Å². The van der Waals surface area contributed by atoms with Crippen molar-refractivity contribution in [3.8, 4) is 0 Å². The van der Waals surface area contributed by atoms with Crippen LogP contribution in [0.1, 0.15) is 49.4 Å². The Morgan fingerprint density at radius 2 is 2.26 bits per heavy atom. The Hall–Kier alpha value is -1.22. The molecule has 1 aromatic carbocycles. The molecule has 2 rings (SSSR count). The normalized spacial score (nSPS) is 23.1. The Kier molecular flexibility index (Phi) is 4.70. The van der Waals surface area contributed by atoms with Crippen LogP contribution in [0.25, 0.3) is 0 Å². The smallest absolute Gasteiger partial charge is 0.337 e. The SMILES string of the molecule is CCC1CCCC(Nc2ccc(C(=O)O)c(Cl)c2)C1. The number of carboxylic acids is 1. The summed E-state index contributed by atoms with van der Waals surface area (Å²) in [6, 6.07) is 5.55. The first-order chi connectivity index (χ1) is 9.10. The van der Waals surface area contributed by atoms with Crippen molar-refractivity contribution in [3.63, 3.8) is 0 Å². The molecule has 2 atom stereocenters. The Balaban J connectivity index is 2.03. The maximum atomic E-state index is 10.9. The van der Waals surface area contributed by atoms with Gasteiger partial charge in [-0.25, -0.2) is 4.79 Å². The van der Waals surface area contributed by atoms with E-state index in [9.17, 15) is 4.79 Å². The Morgan fingerprint density at radius 3 is 2.89 bits per heavy atom. The lowest BCUT2D eigenvalue weighted by Gasteiger charge is -2.30. The summed E-state index contributed by atoms with van der Waals surface area (Å²) >= 11 is 5.98. The molecular weight excluding hydrogens is 262 g/mol. The molecule has 0 radical (unpaired) electrons. The van der Waals surface area contributed by atoms with Crippen LogP contribution in [0.5, 0.6) is 0 Å². The van der Waals surface area contributed by atoms with E-state index in [1.54, 1.807) is 18.2 Å². The average Bonchev–Trinajstić information content (AvgIpc) is 2.38. The van der Waals surface area contributed by atoms with Gasteiger partial charge in [0.25, 0.3) is 0 Å². The summed E-state index contributed by atoms with van der Waals surface area (Å²) in [4.78, 5) is 10.9. The zero-order chi connectivity index (χ0) is 13.8. The van der Waals surface area contributed by atoms with E-state index in [4.69, 9.17) is 16.7 Å². The first-order valence-corrected chi connectivity index (χ1v) is 7.27. The van der Waals surface area contributed by atoms with Gasteiger partial charge < -0.3 is 10.4 Å². The van der Waals surface area contributed by atoms with E-state index >= 15 is 0 Å². The molecule has 2 N–H and O–H groups in total. The van der Waals surface area contributed by atoms with Crippen molar-refractivity contribution < 1.29 is 9.90 Å². The van der Waals surface area contributed by atoms with Crippen LogP contribution in [-0.2, 0) is 0 Å². The molecule has 1 aliphatic carbocycles. The van der Waals surface area contributed by atoms with Gasteiger partial charge >= 0.3 is 5.97 Å². The number of halogens is 1. The van der Waals surface area contributed by atoms with E-state index in [-0.39, 0.29) is 5.56 Å². The molecule has 2 unspecified atom stereocenters. The summed E-state index contributed by atoms with van der Waals surface area (Å²) in [5.74, 6) is -0.180. The van der Waals surface area contributed by atoms with E-state index in [2.05, 4.69) is 12.2 Å². The van der Waals surface area contributed by atoms with Crippen molar-refractivity contribution in [2.75, 3.05) is 5.32 Å². The summed E-state index contributed by atoms with van der Waals surface area (Å²) < 4.78 is 0. The molecular formula is C15H20ClNO2. The highest BCUT2D eigenvalue weighted by molar-refractivity contribution is 6.33. The number of benzene rings is 1. The lowest BCUT2D eigenvalue weighted by molar-refractivity contribution is 0.0697. The van der Waals surface area contributed by atoms with E-state index in [0.717, 1.165) is 11.6 Å². The molecule has 1 aliphatic rings. The number of hydrogen-bond acceptors (Lipinski definition) is 2. The van der Waals surface area contributed by atoms with Gasteiger partial charge in [-0.15, -0.1) is 0 Å². The van der Waals surface area contributed by atoms with Gasteiger partial charge in [-0.2, -0.15) is 0 Å². The molecule has 104 valence electrons. The second kappa shape index (κ2) is 6.29. The molecule has 0 heterocycles. The number of rotatable bonds is 4. The standard InChI is InChI=1S/C15H20ClNO2/c1-2-10-4-3-5-11(8-10)17-12-6-7-13(15(18)19)14(16)9-12/h6-7,9-11,17H,2-5,8H2,1H3,(H,18,19). The summed E-state index contributed by atoms with van der Waals surface area (Å²) in [7, 11) is 0. The predicted octanol–water partition coefficient (Wildman–Crippen LogP) is 4.42. The molecule has 1 saturated carbocycles. The summed E-state index contributed by atoms with van der Waals surface area (Å²) in [6.07, 6.45) is 6.19. The zero-order valence-electron chi connectivity index (χ0n) is 11.2. The molecule has 0 aliphatic heterocycles. The van der Waals surface area contributed by atoms with Gasteiger partial charge in [-0.05, 0) is 37.0 Å². The van der Waals surface area contributed by atoms with Crippen molar-refractivity contribution >= 4 is 23.3 Å². The molecule has 3 nitrogen and oxygen atoms in total. The third-order valence-corrected chi connectivity index (χ3v) is 4.24. The third kappa shape index (κ3) is 3.63. The number of anilines is 1. The molecule has 0 saturated heterocycles. The summed E-state index contributed by atoms with van der Waals surface area (Å²) in [5.41, 5.74) is 1.07. The van der Waals surface area contributed by atoms with Gasteiger partial charge in [0.1, 0.15) is 0 Å². The van der Waals surface area contributed by atoms with Gasteiger partial charge in [-0.1, -0.05) is 37.8 Å². The quantitative estimate of drug-likeness (QED) is 0.859. The Morgan fingerprint density at radius 1 is 1.47 bits per heavy atom. The van der Waals surface area contributed by atoms with Gasteiger partial charge in [0.05, 0.1) is 10.6 Å². The minimum absolute atomic E-state index is 0.155. The molecule has 0 spiro atoms. The fourth-order valence-electron chi connectivity index (χ4n) is 2.81. The van der Waals surface area contributed by atoms with Crippen LogP contribution in [0, 0.1) is 5.92 Å². The predicted molar refractivity (Wildman–Crippen MR) is 78.1 cm³/mol. The molecule has 0 bridgehead atoms. The Labute approximate surface area is 119 Å². The average molecular weight is 282 g/mol. The fraction of sp³-hybridized carbons (Fsp3) is 0.533. The first kappa shape index (κ1) is 14.2. The van der Waals surface area contributed by atoms with Gasteiger partial charge in [0.2, 0.25) is 0 Å². The van der Waals surface area contributed by atoms with E-state index < -0.39 is 5.97 Å². The van der Waals surface area contributed by atoms with Gasteiger partial charge in [-0.3, -0.25) is 0 Å². The number of carbonyl (C=O) groups is 1. The van der Waals surface area contributed by atoms with Crippen molar-refractivity contribution in [1.82, 2.24) is 0 Å². The Bertz CT molecular complexity index is 461. The minimum Gasteiger partial charge on any atom is -0.478 e. The largest absolute Gasteiger partial charge is 0.478 e. The van der Waals surface area contributed by atoms with Gasteiger partial charge in [0, 0.05) is 11.7 Å². The van der Waals surface area contributed by atoms with Crippen molar-refractivity contribution in [3.05, 3.63) is 28.8 Å². The monoisotopic (exact) mass is 281 g/mol. The lowest BCUT2D eigenvalue weighted by atomic mass is 9.84. The maximum absolute atomic E-state index is 10.9. The number of nitrogens with one attached hydrogen (secondary N) is 1. The zero-order valence-corrected chi connectivity index (χ0v) is 11.9. The van der Waals surface area contributed by atoms with Crippen molar-refractivity contribution in [2.24, 2.45) is 5.92 Å². The van der Waals surface area contributed by atoms with Crippen LogP contribution >= 0.6 is 11.6 Å². The third-order valence-electron chi connectivity index (χ3n) is 3.93. The summed E-state index contributed by atoms with van der Waals surface area (Å²) in [5, 5.41) is 12.7. The number of carboxylic acid groups (broad SMARTS) is 1. The highest BCUT2D eigenvalue weighted by Crippen LogP contribution is 2.29. The van der Waals surface area contributed by atoms with Crippen LogP contribution in [0.4, 0.5) is 5.69 Å². The van der Waals surface area contributed by atoms with Crippen LogP contribution < -0.4 is 5.32 Å². The van der Waals surface area contributed by atoms with Crippen molar-refractivity contribution in [2.45, 2.75) is 45.1 Å². The highest BCUT2D eigenvalue weighted by atomic mass is 35.5. The highest BCUT2D eigenvalue weighted by Gasteiger charge is 2.20. The lowest BCUT2D eigenvalue weighted by Crippen LogP contribution is -2.27. The maximum Gasteiger partial charge on any atom is 0.337 e. The van der Waals surface area contributed by atoms with E-state index in [0.29, 0.717) is 11.1 Å².